The van der Waals surface area contributed by atoms with Gasteiger partial charge in [0, 0.05) is 60.6 Å². The fourth-order valence-corrected chi connectivity index (χ4v) is 6.71. The zero-order valence-electron chi connectivity index (χ0n) is 22.9. The smallest absolute Gasteiger partial charge is 0.347 e. The molecule has 0 radical (unpaired) electrons. The van der Waals surface area contributed by atoms with E-state index >= 15 is 0 Å². The van der Waals surface area contributed by atoms with Gasteiger partial charge in [-0.3, -0.25) is 14.5 Å². The molecule has 0 bridgehead atoms. The minimum atomic E-state index is -0.364. The Kier molecular flexibility index (Phi) is 5.87. The highest BCUT2D eigenvalue weighted by atomic mass is 16.4. The molecule has 1 aromatic carbocycles. The van der Waals surface area contributed by atoms with Crippen molar-refractivity contribution in [2.75, 3.05) is 38.1 Å². The summed E-state index contributed by atoms with van der Waals surface area (Å²) in [5.41, 5.74) is 6.58. The van der Waals surface area contributed by atoms with Crippen LogP contribution in [0.3, 0.4) is 0 Å². The SMILES string of the molecule is CCc1cc2cc3c(=O)oc4c5c6c(cc4c3oc-2cc1=[N+](C)CCCN1C(=O)C=CC1=O)CCCN6CCC5. The molecule has 2 amide bonds. The quantitative estimate of drug-likeness (QED) is 0.127. The molecule has 8 nitrogen and oxygen atoms in total. The number of rotatable bonds is 5. The van der Waals surface area contributed by atoms with Crippen LogP contribution in [0.2, 0.25) is 0 Å². The maximum atomic E-state index is 13.3. The maximum Gasteiger partial charge on any atom is 0.347 e. The highest BCUT2D eigenvalue weighted by Crippen LogP contribution is 2.42. The van der Waals surface area contributed by atoms with Gasteiger partial charge < -0.3 is 13.7 Å². The molecule has 5 aliphatic rings. The van der Waals surface area contributed by atoms with E-state index in [1.807, 2.05) is 19.2 Å². The van der Waals surface area contributed by atoms with E-state index in [2.05, 4.69) is 28.5 Å². The van der Waals surface area contributed by atoms with Crippen molar-refractivity contribution in [3.8, 4) is 11.3 Å². The molecule has 0 spiro atoms. The van der Waals surface area contributed by atoms with E-state index in [0.717, 1.165) is 72.6 Å². The highest BCUT2D eigenvalue weighted by Gasteiger charge is 2.29. The molecule has 0 unspecified atom stereocenters. The van der Waals surface area contributed by atoms with Gasteiger partial charge in [0.1, 0.15) is 30.3 Å². The fourth-order valence-electron chi connectivity index (χ4n) is 6.71. The lowest BCUT2D eigenvalue weighted by atomic mass is 9.89. The average molecular weight is 539 g/mol. The maximum absolute atomic E-state index is 13.3. The molecule has 2 aromatic rings. The number of carbonyl (C=O) groups is 2. The van der Waals surface area contributed by atoms with Gasteiger partial charge in [-0.15, -0.1) is 0 Å². The molecule has 1 aromatic heterocycles. The first-order valence-electron chi connectivity index (χ1n) is 14.3. The van der Waals surface area contributed by atoms with E-state index in [0.29, 0.717) is 41.8 Å². The lowest BCUT2D eigenvalue weighted by molar-refractivity contribution is -0.136. The van der Waals surface area contributed by atoms with Crippen molar-refractivity contribution in [3.63, 3.8) is 0 Å². The minimum Gasteiger partial charge on any atom is -0.455 e. The normalized spacial score (nSPS) is 17.4. The second-order valence-corrected chi connectivity index (χ2v) is 11.1. The summed E-state index contributed by atoms with van der Waals surface area (Å²) >= 11 is 0. The van der Waals surface area contributed by atoms with Crippen molar-refractivity contribution in [3.05, 3.63) is 68.9 Å². The number of fused-ring (bicyclic) bond motifs is 5. The van der Waals surface area contributed by atoms with Gasteiger partial charge in [0.25, 0.3) is 11.8 Å². The number of imide groups is 1. The molecule has 7 rings (SSSR count). The van der Waals surface area contributed by atoms with Crippen molar-refractivity contribution in [2.45, 2.75) is 45.4 Å². The lowest BCUT2D eigenvalue weighted by Gasteiger charge is -2.37. The Labute approximate surface area is 231 Å². The highest BCUT2D eigenvalue weighted by molar-refractivity contribution is 6.12. The largest absolute Gasteiger partial charge is 0.455 e. The lowest BCUT2D eigenvalue weighted by Crippen LogP contribution is -2.35. The van der Waals surface area contributed by atoms with E-state index in [9.17, 15) is 14.4 Å². The van der Waals surface area contributed by atoms with Crippen LogP contribution in [0.25, 0.3) is 33.3 Å². The van der Waals surface area contributed by atoms with Gasteiger partial charge in [-0.1, -0.05) is 6.92 Å². The number of benzene rings is 2. The summed E-state index contributed by atoms with van der Waals surface area (Å²) < 4.78 is 14.7. The summed E-state index contributed by atoms with van der Waals surface area (Å²) in [5.74, 6) is 0.205. The number of anilines is 1. The molecule has 8 heteroatoms. The Bertz CT molecular complexity index is 1840. The topological polar surface area (TPSA) is 87.0 Å². The summed E-state index contributed by atoms with van der Waals surface area (Å²) in [6.07, 6.45) is 8.19. The minimum absolute atomic E-state index is 0.252. The fraction of sp³-hybridized carbons (Fsp3) is 0.375. The predicted molar refractivity (Wildman–Crippen MR) is 154 cm³/mol. The average Bonchev–Trinajstić information content (AvgIpc) is 3.29. The monoisotopic (exact) mass is 538 g/mol. The summed E-state index contributed by atoms with van der Waals surface area (Å²) in [7, 11) is 2.01. The van der Waals surface area contributed by atoms with Crippen molar-refractivity contribution in [2.24, 2.45) is 0 Å². The molecule has 204 valence electrons. The van der Waals surface area contributed by atoms with Crippen LogP contribution >= 0.6 is 0 Å². The number of nitrogens with zero attached hydrogens (tertiary/aromatic N) is 3. The zero-order chi connectivity index (χ0) is 27.5. The van der Waals surface area contributed by atoms with Crippen LogP contribution in [-0.2, 0) is 28.9 Å². The molecule has 40 heavy (non-hydrogen) atoms. The molecule has 0 atom stereocenters. The van der Waals surface area contributed by atoms with Crippen molar-refractivity contribution >= 4 is 39.4 Å². The van der Waals surface area contributed by atoms with Crippen LogP contribution < -0.4 is 20.5 Å². The molecule has 4 aliphatic heterocycles. The molecule has 0 saturated carbocycles. The first-order chi connectivity index (χ1) is 19.4. The van der Waals surface area contributed by atoms with Gasteiger partial charge in [-0.2, -0.15) is 0 Å². The third-order valence-electron chi connectivity index (χ3n) is 8.67. The summed E-state index contributed by atoms with van der Waals surface area (Å²) in [6.45, 7) is 5.25. The molecule has 0 fully saturated rings. The summed E-state index contributed by atoms with van der Waals surface area (Å²) in [6, 6.07) is 8.21. The van der Waals surface area contributed by atoms with Crippen LogP contribution in [0.5, 0.6) is 0 Å². The van der Waals surface area contributed by atoms with E-state index in [1.165, 1.54) is 28.3 Å². The van der Waals surface area contributed by atoms with Crippen molar-refractivity contribution < 1.29 is 18.4 Å². The molecular weight excluding hydrogens is 506 g/mol. The first kappa shape index (κ1) is 24.8. The molecule has 0 saturated heterocycles. The van der Waals surface area contributed by atoms with E-state index in [1.54, 1.807) is 0 Å². The van der Waals surface area contributed by atoms with Gasteiger partial charge in [0.2, 0.25) is 5.36 Å². The number of hydrogen-bond donors (Lipinski definition) is 0. The standard InChI is InChI=1S/C32H32N3O5/c1-3-19-15-21-17-24-31(39-26(21)18-25(19)33(2)11-6-14-35-27(36)9-10-28(35)37)23-16-20-7-4-12-34-13-5-8-22(29(20)34)30(23)40-32(24)38/h9-10,15-18H,3-8,11-14H2,1-2H3/q+1. The second-order valence-electron chi connectivity index (χ2n) is 11.1. The Morgan fingerprint density at radius 3 is 2.45 bits per heavy atom. The number of hydrogen-bond acceptors (Lipinski definition) is 6. The molecule has 5 heterocycles. The van der Waals surface area contributed by atoms with E-state index < -0.39 is 0 Å². The Hall–Kier alpha value is -4.20. The van der Waals surface area contributed by atoms with E-state index in [4.69, 9.17) is 8.83 Å². The van der Waals surface area contributed by atoms with Crippen LogP contribution in [0.15, 0.2) is 50.0 Å². The van der Waals surface area contributed by atoms with Gasteiger partial charge >= 0.3 is 5.63 Å². The second kappa shape index (κ2) is 9.47. The van der Waals surface area contributed by atoms with Gasteiger partial charge in [0.15, 0.2) is 5.58 Å². The summed E-state index contributed by atoms with van der Waals surface area (Å²) in [5, 5.41) is 2.37. The molecule has 0 N–H and O–H groups in total. The van der Waals surface area contributed by atoms with Crippen LogP contribution in [0, 0.1) is 0 Å². The van der Waals surface area contributed by atoms with Crippen molar-refractivity contribution in [1.29, 1.82) is 0 Å². The Morgan fingerprint density at radius 2 is 1.68 bits per heavy atom. The predicted octanol–water partition coefficient (Wildman–Crippen LogP) is 3.62. The molecule has 1 aliphatic carbocycles. The first-order valence-corrected chi connectivity index (χ1v) is 14.3. The van der Waals surface area contributed by atoms with Crippen LogP contribution in [0.4, 0.5) is 5.69 Å². The Balaban J connectivity index is 1.36. The van der Waals surface area contributed by atoms with Crippen LogP contribution in [0.1, 0.15) is 42.9 Å². The number of amides is 2. The van der Waals surface area contributed by atoms with E-state index in [-0.39, 0.29) is 17.4 Å². The zero-order valence-corrected chi connectivity index (χ0v) is 22.9. The van der Waals surface area contributed by atoms with Crippen molar-refractivity contribution in [1.82, 2.24) is 9.48 Å². The van der Waals surface area contributed by atoms with Gasteiger partial charge in [-0.05, 0) is 55.9 Å². The third-order valence-corrected chi connectivity index (χ3v) is 8.67. The number of aryl methyl sites for hydroxylation is 3. The third kappa shape index (κ3) is 3.88. The Morgan fingerprint density at radius 1 is 0.900 bits per heavy atom. The van der Waals surface area contributed by atoms with Gasteiger partial charge in [0.05, 0.1) is 11.5 Å². The number of carbonyl (C=O) groups excluding carboxylic acids is 2. The molecular formula is C32H32N3O5+. The van der Waals surface area contributed by atoms with Crippen LogP contribution in [-0.4, -0.2) is 49.9 Å². The summed E-state index contributed by atoms with van der Waals surface area (Å²) in [4.78, 5) is 40.8. The van der Waals surface area contributed by atoms with Gasteiger partial charge in [-0.25, -0.2) is 9.37 Å².